The van der Waals surface area contributed by atoms with Gasteiger partial charge in [0.05, 0.1) is 5.92 Å². The van der Waals surface area contributed by atoms with Gasteiger partial charge in [0.25, 0.3) is 0 Å². The molecule has 0 radical (unpaired) electrons. The van der Waals surface area contributed by atoms with E-state index in [9.17, 15) is 4.79 Å². The normalized spacial score (nSPS) is 30.3. The van der Waals surface area contributed by atoms with Gasteiger partial charge in [0.1, 0.15) is 0 Å². The molecule has 4 aliphatic rings. The molecule has 0 saturated carbocycles. The largest absolute Gasteiger partial charge is 0.357 e. The van der Waals surface area contributed by atoms with Gasteiger partial charge in [0.15, 0.2) is 5.66 Å². The number of nitrogens with one attached hydrogen (secondary N) is 1. The van der Waals surface area contributed by atoms with Gasteiger partial charge < -0.3 is 10.2 Å². The molecular formula is C18H16N4O. The van der Waals surface area contributed by atoms with E-state index in [0.717, 1.165) is 28.9 Å². The number of benzene rings is 1. The van der Waals surface area contributed by atoms with E-state index in [1.165, 1.54) is 0 Å². The van der Waals surface area contributed by atoms with E-state index in [2.05, 4.69) is 28.5 Å². The minimum absolute atomic E-state index is 0.0613. The maximum atomic E-state index is 12.6. The number of nitrogens with zero attached hydrogens (tertiary/aromatic N) is 3. The summed E-state index contributed by atoms with van der Waals surface area (Å²) < 4.78 is 0. The van der Waals surface area contributed by atoms with Crippen molar-refractivity contribution in [3.8, 4) is 0 Å². The maximum absolute atomic E-state index is 12.6. The van der Waals surface area contributed by atoms with Gasteiger partial charge in [-0.15, -0.1) is 0 Å². The second-order valence-corrected chi connectivity index (χ2v) is 6.37. The summed E-state index contributed by atoms with van der Waals surface area (Å²) in [6, 6.07) is 8.15. The number of carbonyl (C=O) groups is 1. The molecule has 0 aromatic heterocycles. The predicted molar refractivity (Wildman–Crippen MR) is 89.5 cm³/mol. The fourth-order valence-corrected chi connectivity index (χ4v) is 3.80. The second kappa shape index (κ2) is 4.41. The van der Waals surface area contributed by atoms with Gasteiger partial charge in [0.2, 0.25) is 5.91 Å². The van der Waals surface area contributed by atoms with Crippen molar-refractivity contribution in [3.63, 3.8) is 0 Å². The fraction of sp³-hybridized carbons (Fsp3) is 0.278. The number of allylic oxidation sites excluding steroid dienone is 1. The third-order valence-electron chi connectivity index (χ3n) is 5.02. The molecule has 2 unspecified atom stereocenters. The van der Waals surface area contributed by atoms with Crippen LogP contribution >= 0.6 is 0 Å². The lowest BCUT2D eigenvalue weighted by atomic mass is 9.92. The van der Waals surface area contributed by atoms with Crippen molar-refractivity contribution in [1.82, 2.24) is 4.90 Å². The Morgan fingerprint density at radius 2 is 2.22 bits per heavy atom. The molecule has 1 N–H and O–H groups in total. The quantitative estimate of drug-likeness (QED) is 0.800. The molecule has 5 rings (SSSR count). The molecule has 5 nitrogen and oxygen atoms in total. The van der Waals surface area contributed by atoms with E-state index < -0.39 is 5.66 Å². The lowest BCUT2D eigenvalue weighted by Crippen LogP contribution is -2.45. The number of fused-ring (bicyclic) bond motifs is 4. The first-order valence-electron chi connectivity index (χ1n) is 7.95. The number of aliphatic imine (C=N–C) groups is 2. The number of carbonyl (C=O) groups excluding carboxylic acids is 1. The van der Waals surface area contributed by atoms with Crippen LogP contribution in [-0.2, 0) is 4.79 Å². The highest BCUT2D eigenvalue weighted by atomic mass is 16.2. The molecule has 5 heteroatoms. The van der Waals surface area contributed by atoms with Gasteiger partial charge >= 0.3 is 0 Å². The number of anilines is 1. The van der Waals surface area contributed by atoms with E-state index in [-0.39, 0.29) is 11.8 Å². The lowest BCUT2D eigenvalue weighted by molar-refractivity contribution is -0.129. The zero-order chi connectivity index (χ0) is 15.4. The van der Waals surface area contributed by atoms with Crippen LogP contribution in [0.3, 0.4) is 0 Å². The summed E-state index contributed by atoms with van der Waals surface area (Å²) in [5, 5.41) is 3.56. The molecule has 1 saturated heterocycles. The van der Waals surface area contributed by atoms with Crippen LogP contribution in [-0.4, -0.2) is 35.4 Å². The van der Waals surface area contributed by atoms with E-state index in [0.29, 0.717) is 13.0 Å². The van der Waals surface area contributed by atoms with Crippen LogP contribution in [0.25, 0.3) is 0 Å². The first-order chi connectivity index (χ1) is 11.3. The molecule has 0 aliphatic carbocycles. The summed E-state index contributed by atoms with van der Waals surface area (Å²) in [6.07, 6.45) is 9.16. The van der Waals surface area contributed by atoms with Crippen LogP contribution in [0.2, 0.25) is 0 Å². The minimum atomic E-state index is -0.461. The third kappa shape index (κ3) is 1.76. The van der Waals surface area contributed by atoms with Crippen molar-refractivity contribution in [3.05, 3.63) is 53.4 Å². The van der Waals surface area contributed by atoms with Crippen molar-refractivity contribution >= 4 is 24.0 Å². The molecule has 0 bridgehead atoms. The fourth-order valence-electron chi connectivity index (χ4n) is 3.80. The van der Waals surface area contributed by atoms with Gasteiger partial charge in [-0.25, -0.2) is 0 Å². The Morgan fingerprint density at radius 3 is 3.17 bits per heavy atom. The summed E-state index contributed by atoms with van der Waals surface area (Å²) in [4.78, 5) is 23.5. The van der Waals surface area contributed by atoms with Crippen molar-refractivity contribution in [1.29, 1.82) is 0 Å². The van der Waals surface area contributed by atoms with Gasteiger partial charge in [-0.05, 0) is 18.6 Å². The Bertz CT molecular complexity index is 835. The van der Waals surface area contributed by atoms with Gasteiger partial charge in [-0.2, -0.15) is 0 Å². The zero-order valence-corrected chi connectivity index (χ0v) is 12.6. The molecule has 114 valence electrons. The van der Waals surface area contributed by atoms with Crippen molar-refractivity contribution in [2.45, 2.75) is 18.5 Å². The van der Waals surface area contributed by atoms with Crippen molar-refractivity contribution in [2.24, 2.45) is 15.9 Å². The summed E-state index contributed by atoms with van der Waals surface area (Å²) in [7, 11) is 0. The molecule has 4 heterocycles. The first-order valence-corrected chi connectivity index (χ1v) is 7.95. The zero-order valence-electron chi connectivity index (χ0n) is 12.6. The monoisotopic (exact) mass is 304 g/mol. The maximum Gasteiger partial charge on any atom is 0.235 e. The molecule has 1 fully saturated rings. The smallest absolute Gasteiger partial charge is 0.235 e. The molecule has 1 spiro atoms. The standard InChI is InChI=1S/C18H16N4O/c23-17-13-5-7-19-11-14(13)16-9-18(6-8-22(16)17)20-10-12-3-1-2-4-15(12)21-18/h1-4,7,9-11,13,21H,5-6,8H2. The Labute approximate surface area is 134 Å². The van der Waals surface area contributed by atoms with E-state index in [1.54, 1.807) is 0 Å². The first kappa shape index (κ1) is 12.8. The molecule has 2 atom stereocenters. The average molecular weight is 304 g/mol. The molecular weight excluding hydrogens is 288 g/mol. The third-order valence-corrected chi connectivity index (χ3v) is 5.02. The Morgan fingerprint density at radius 1 is 1.30 bits per heavy atom. The number of hydrogen-bond donors (Lipinski definition) is 1. The molecule has 1 amide bonds. The second-order valence-electron chi connectivity index (χ2n) is 6.37. The van der Waals surface area contributed by atoms with Crippen LogP contribution in [0.1, 0.15) is 18.4 Å². The van der Waals surface area contributed by atoms with Gasteiger partial charge in [-0.3, -0.25) is 14.8 Å². The van der Waals surface area contributed by atoms with E-state index in [1.807, 2.05) is 35.7 Å². The average Bonchev–Trinajstić information content (AvgIpc) is 2.87. The highest BCUT2D eigenvalue weighted by molar-refractivity contribution is 5.94. The van der Waals surface area contributed by atoms with Crippen LogP contribution in [0.5, 0.6) is 0 Å². The highest BCUT2D eigenvalue weighted by Crippen LogP contribution is 2.43. The molecule has 1 aromatic carbocycles. The van der Waals surface area contributed by atoms with Gasteiger partial charge in [0, 0.05) is 54.1 Å². The topological polar surface area (TPSA) is 57.1 Å². The van der Waals surface area contributed by atoms with Gasteiger partial charge in [-0.1, -0.05) is 18.2 Å². The summed E-state index contributed by atoms with van der Waals surface area (Å²) >= 11 is 0. The van der Waals surface area contributed by atoms with Crippen LogP contribution in [0, 0.1) is 5.92 Å². The number of para-hydroxylation sites is 1. The Hall–Kier alpha value is -2.69. The van der Waals surface area contributed by atoms with E-state index in [4.69, 9.17) is 4.99 Å². The van der Waals surface area contributed by atoms with E-state index >= 15 is 0 Å². The number of amides is 1. The highest BCUT2D eigenvalue weighted by Gasteiger charge is 2.46. The van der Waals surface area contributed by atoms with Crippen LogP contribution < -0.4 is 5.32 Å². The van der Waals surface area contributed by atoms with Crippen molar-refractivity contribution in [2.75, 3.05) is 11.9 Å². The summed E-state index contributed by atoms with van der Waals surface area (Å²) in [5.74, 6) is 0.137. The molecule has 1 aromatic rings. The molecule has 23 heavy (non-hydrogen) atoms. The van der Waals surface area contributed by atoms with Crippen LogP contribution in [0.15, 0.2) is 57.8 Å². The minimum Gasteiger partial charge on any atom is -0.357 e. The Kier molecular flexibility index (Phi) is 2.46. The SMILES string of the molecule is O=C1C2CC=NC=C2C2=CC3(CCN12)N=Cc1ccccc1N3. The summed E-state index contributed by atoms with van der Waals surface area (Å²) in [5.41, 5.74) is 3.74. The molecule has 4 aliphatic heterocycles. The summed E-state index contributed by atoms with van der Waals surface area (Å²) in [6.45, 7) is 0.686. The van der Waals surface area contributed by atoms with Crippen LogP contribution in [0.4, 0.5) is 5.69 Å². The van der Waals surface area contributed by atoms with Crippen molar-refractivity contribution < 1.29 is 4.79 Å². The lowest BCUT2D eigenvalue weighted by Gasteiger charge is -2.38. The Balaban J connectivity index is 1.60. The predicted octanol–water partition coefficient (Wildman–Crippen LogP) is 2.33. The number of hydrogen-bond acceptors (Lipinski definition) is 4. The number of rotatable bonds is 0.